The van der Waals surface area contributed by atoms with Crippen LogP contribution in [0.3, 0.4) is 0 Å². The van der Waals surface area contributed by atoms with E-state index in [1.807, 2.05) is 6.92 Å². The maximum Gasteiger partial charge on any atom is 0.253 e. The molecule has 1 fully saturated rings. The van der Waals surface area contributed by atoms with E-state index in [0.717, 1.165) is 19.4 Å². The molecule has 1 aliphatic heterocycles. The van der Waals surface area contributed by atoms with Gasteiger partial charge in [0.2, 0.25) is 5.88 Å². The van der Waals surface area contributed by atoms with Crippen LogP contribution in [0.15, 0.2) is 18.3 Å². The summed E-state index contributed by atoms with van der Waals surface area (Å²) in [6.07, 6.45) is 3.70. The standard InChI is InChI=1S/C13H18N2O3/c1-9(11-4-3-7-18-11)15-13(16)10-5-6-12(17-2)14-8-10/h5-6,8-9,11H,3-4,7H2,1-2H3,(H,15,16)/t9-,11+/m0/s1. The first kappa shape index (κ1) is 12.8. The Morgan fingerprint density at radius 3 is 3.00 bits per heavy atom. The summed E-state index contributed by atoms with van der Waals surface area (Å²) in [7, 11) is 1.54. The van der Waals surface area contributed by atoms with Crippen molar-refractivity contribution in [3.05, 3.63) is 23.9 Å². The van der Waals surface area contributed by atoms with Gasteiger partial charge in [-0.2, -0.15) is 0 Å². The van der Waals surface area contributed by atoms with Gasteiger partial charge in [0, 0.05) is 18.9 Å². The second-order valence-corrected chi connectivity index (χ2v) is 4.40. The minimum absolute atomic E-state index is 0.0158. The number of nitrogens with zero attached hydrogens (tertiary/aromatic N) is 1. The Kier molecular flexibility index (Phi) is 4.15. The number of amides is 1. The topological polar surface area (TPSA) is 60.5 Å². The van der Waals surface area contributed by atoms with Crippen LogP contribution in [-0.4, -0.2) is 36.8 Å². The first-order chi connectivity index (χ1) is 8.70. The van der Waals surface area contributed by atoms with Crippen molar-refractivity contribution in [1.82, 2.24) is 10.3 Å². The first-order valence-electron chi connectivity index (χ1n) is 6.13. The molecule has 1 saturated heterocycles. The number of hydrogen-bond acceptors (Lipinski definition) is 4. The van der Waals surface area contributed by atoms with Crippen LogP contribution in [0.5, 0.6) is 5.88 Å². The molecule has 1 aromatic heterocycles. The predicted octanol–water partition coefficient (Wildman–Crippen LogP) is 1.39. The highest BCUT2D eigenvalue weighted by Crippen LogP contribution is 2.16. The molecule has 5 nitrogen and oxygen atoms in total. The normalized spacial score (nSPS) is 20.4. The maximum atomic E-state index is 12.0. The third-order valence-electron chi connectivity index (χ3n) is 3.09. The fourth-order valence-electron chi connectivity index (χ4n) is 2.02. The summed E-state index contributed by atoms with van der Waals surface area (Å²) < 4.78 is 10.5. The quantitative estimate of drug-likeness (QED) is 0.877. The van der Waals surface area contributed by atoms with Crippen molar-refractivity contribution in [1.29, 1.82) is 0 Å². The lowest BCUT2D eigenvalue weighted by Crippen LogP contribution is -2.40. The van der Waals surface area contributed by atoms with E-state index in [0.29, 0.717) is 11.4 Å². The molecule has 0 aliphatic carbocycles. The largest absolute Gasteiger partial charge is 0.481 e. The Hall–Kier alpha value is -1.62. The van der Waals surface area contributed by atoms with Crippen LogP contribution >= 0.6 is 0 Å². The molecular weight excluding hydrogens is 232 g/mol. The van der Waals surface area contributed by atoms with Crippen molar-refractivity contribution < 1.29 is 14.3 Å². The Morgan fingerprint density at radius 2 is 2.44 bits per heavy atom. The van der Waals surface area contributed by atoms with Crippen molar-refractivity contribution in [3.63, 3.8) is 0 Å². The molecule has 0 bridgehead atoms. The number of nitrogens with one attached hydrogen (secondary N) is 1. The van der Waals surface area contributed by atoms with Crippen LogP contribution in [0.1, 0.15) is 30.1 Å². The SMILES string of the molecule is COc1ccc(C(=O)N[C@@H](C)[C@H]2CCCO2)cn1. The van der Waals surface area contributed by atoms with Crippen LogP contribution in [0.25, 0.3) is 0 Å². The van der Waals surface area contributed by atoms with Gasteiger partial charge in [0.1, 0.15) is 0 Å². The van der Waals surface area contributed by atoms with Crippen molar-refractivity contribution in [2.24, 2.45) is 0 Å². The molecule has 98 valence electrons. The number of aromatic nitrogens is 1. The molecule has 5 heteroatoms. The van der Waals surface area contributed by atoms with E-state index in [1.165, 1.54) is 6.20 Å². The Bertz CT molecular complexity index is 399. The van der Waals surface area contributed by atoms with Crippen LogP contribution in [-0.2, 0) is 4.74 Å². The molecule has 1 N–H and O–H groups in total. The molecule has 0 aromatic carbocycles. The van der Waals surface area contributed by atoms with Gasteiger partial charge in [-0.3, -0.25) is 4.79 Å². The summed E-state index contributed by atoms with van der Waals surface area (Å²) in [6.45, 7) is 2.75. The number of carbonyl (C=O) groups excluding carboxylic acids is 1. The molecule has 1 aliphatic rings. The molecule has 1 aromatic rings. The molecule has 0 unspecified atom stereocenters. The Morgan fingerprint density at radius 1 is 1.61 bits per heavy atom. The van der Waals surface area contributed by atoms with Crippen molar-refractivity contribution in [2.45, 2.75) is 31.9 Å². The third kappa shape index (κ3) is 2.98. The summed E-state index contributed by atoms with van der Waals surface area (Å²) in [5, 5.41) is 2.93. The van der Waals surface area contributed by atoms with E-state index in [9.17, 15) is 4.79 Å². The number of carbonyl (C=O) groups is 1. The summed E-state index contributed by atoms with van der Waals surface area (Å²) in [5.74, 6) is 0.367. The van der Waals surface area contributed by atoms with E-state index in [4.69, 9.17) is 9.47 Å². The second kappa shape index (κ2) is 5.82. The third-order valence-corrected chi connectivity index (χ3v) is 3.09. The van der Waals surface area contributed by atoms with E-state index in [-0.39, 0.29) is 18.1 Å². The van der Waals surface area contributed by atoms with Gasteiger partial charge in [-0.05, 0) is 25.8 Å². The lowest BCUT2D eigenvalue weighted by atomic mass is 10.1. The molecule has 2 atom stereocenters. The highest BCUT2D eigenvalue weighted by Gasteiger charge is 2.23. The molecule has 0 spiro atoms. The summed E-state index contributed by atoms with van der Waals surface area (Å²) >= 11 is 0. The number of hydrogen-bond donors (Lipinski definition) is 1. The number of pyridine rings is 1. The first-order valence-corrected chi connectivity index (χ1v) is 6.13. The van der Waals surface area contributed by atoms with Crippen molar-refractivity contribution in [2.75, 3.05) is 13.7 Å². The number of methoxy groups -OCH3 is 1. The van der Waals surface area contributed by atoms with Crippen LogP contribution in [0.4, 0.5) is 0 Å². The van der Waals surface area contributed by atoms with E-state index in [2.05, 4.69) is 10.3 Å². The minimum Gasteiger partial charge on any atom is -0.481 e. The van der Waals surface area contributed by atoms with E-state index in [1.54, 1.807) is 19.2 Å². The Balaban J connectivity index is 1.93. The molecule has 0 radical (unpaired) electrons. The highest BCUT2D eigenvalue weighted by molar-refractivity contribution is 5.94. The second-order valence-electron chi connectivity index (χ2n) is 4.40. The molecule has 2 rings (SSSR count). The maximum absolute atomic E-state index is 12.0. The number of rotatable bonds is 4. The average molecular weight is 250 g/mol. The van der Waals surface area contributed by atoms with Crippen molar-refractivity contribution >= 4 is 5.91 Å². The summed E-state index contributed by atoms with van der Waals surface area (Å²) in [4.78, 5) is 16.0. The monoisotopic (exact) mass is 250 g/mol. The zero-order valence-electron chi connectivity index (χ0n) is 10.7. The lowest BCUT2D eigenvalue weighted by Gasteiger charge is -2.19. The highest BCUT2D eigenvalue weighted by atomic mass is 16.5. The molecule has 1 amide bonds. The number of ether oxygens (including phenoxy) is 2. The van der Waals surface area contributed by atoms with Crippen LogP contribution in [0.2, 0.25) is 0 Å². The van der Waals surface area contributed by atoms with Gasteiger partial charge in [-0.25, -0.2) is 4.98 Å². The van der Waals surface area contributed by atoms with Crippen LogP contribution < -0.4 is 10.1 Å². The van der Waals surface area contributed by atoms with Gasteiger partial charge in [-0.15, -0.1) is 0 Å². The fourth-order valence-corrected chi connectivity index (χ4v) is 2.02. The van der Waals surface area contributed by atoms with Crippen LogP contribution in [0, 0.1) is 0 Å². The van der Waals surface area contributed by atoms with Gasteiger partial charge < -0.3 is 14.8 Å². The summed E-state index contributed by atoms with van der Waals surface area (Å²) in [6, 6.07) is 3.39. The molecular formula is C13H18N2O3. The van der Waals surface area contributed by atoms with Gasteiger partial charge in [0.05, 0.1) is 24.8 Å². The van der Waals surface area contributed by atoms with E-state index >= 15 is 0 Å². The fraction of sp³-hybridized carbons (Fsp3) is 0.538. The molecule has 18 heavy (non-hydrogen) atoms. The lowest BCUT2D eigenvalue weighted by molar-refractivity contribution is 0.0712. The van der Waals surface area contributed by atoms with Gasteiger partial charge in [0.25, 0.3) is 5.91 Å². The van der Waals surface area contributed by atoms with Gasteiger partial charge in [0.15, 0.2) is 0 Å². The molecule has 0 saturated carbocycles. The minimum atomic E-state index is -0.131. The van der Waals surface area contributed by atoms with E-state index < -0.39 is 0 Å². The molecule has 2 heterocycles. The zero-order chi connectivity index (χ0) is 13.0. The summed E-state index contributed by atoms with van der Waals surface area (Å²) in [5.41, 5.74) is 0.528. The zero-order valence-corrected chi connectivity index (χ0v) is 10.7. The average Bonchev–Trinajstić information content (AvgIpc) is 2.92. The van der Waals surface area contributed by atoms with Gasteiger partial charge >= 0.3 is 0 Å². The smallest absolute Gasteiger partial charge is 0.253 e. The van der Waals surface area contributed by atoms with Crippen molar-refractivity contribution in [3.8, 4) is 5.88 Å². The Labute approximate surface area is 107 Å². The predicted molar refractivity (Wildman–Crippen MR) is 66.7 cm³/mol. The van der Waals surface area contributed by atoms with Gasteiger partial charge in [-0.1, -0.05) is 0 Å².